The first-order valence-corrected chi connectivity index (χ1v) is 8.22. The van der Waals surface area contributed by atoms with Gasteiger partial charge in [-0.15, -0.1) is 0 Å². The van der Waals surface area contributed by atoms with Crippen LogP contribution in [0.15, 0.2) is 27.1 Å². The van der Waals surface area contributed by atoms with Crippen molar-refractivity contribution in [2.24, 2.45) is 11.3 Å². The molecule has 0 aromatic heterocycles. The molecule has 1 saturated carbocycles. The average molecular weight is 375 g/mol. The van der Waals surface area contributed by atoms with Crippen molar-refractivity contribution in [2.75, 3.05) is 13.1 Å². The SMILES string of the molecule is CCCNCC1C(c2ccc(Br)c(Br)c2)C1(C)C. The molecule has 0 aliphatic heterocycles. The van der Waals surface area contributed by atoms with Gasteiger partial charge in [-0.2, -0.15) is 0 Å². The number of benzene rings is 1. The molecule has 0 heterocycles. The van der Waals surface area contributed by atoms with Gasteiger partial charge in [0.15, 0.2) is 0 Å². The largest absolute Gasteiger partial charge is 0.316 e. The lowest BCUT2D eigenvalue weighted by Gasteiger charge is -2.04. The minimum Gasteiger partial charge on any atom is -0.316 e. The van der Waals surface area contributed by atoms with Crippen LogP contribution >= 0.6 is 31.9 Å². The van der Waals surface area contributed by atoms with Gasteiger partial charge < -0.3 is 5.32 Å². The summed E-state index contributed by atoms with van der Waals surface area (Å²) in [7, 11) is 0. The number of halogens is 2. The summed E-state index contributed by atoms with van der Waals surface area (Å²) >= 11 is 7.14. The summed E-state index contributed by atoms with van der Waals surface area (Å²) in [5.41, 5.74) is 1.88. The van der Waals surface area contributed by atoms with Crippen LogP contribution in [-0.2, 0) is 0 Å². The van der Waals surface area contributed by atoms with E-state index in [2.05, 4.69) is 76.1 Å². The van der Waals surface area contributed by atoms with E-state index in [0.29, 0.717) is 11.3 Å². The molecule has 0 spiro atoms. The number of nitrogens with one attached hydrogen (secondary N) is 1. The highest BCUT2D eigenvalue weighted by molar-refractivity contribution is 9.13. The molecule has 1 fully saturated rings. The predicted molar refractivity (Wildman–Crippen MR) is 85.0 cm³/mol. The summed E-state index contributed by atoms with van der Waals surface area (Å²) in [6.07, 6.45) is 1.21. The first kappa shape index (κ1) is 14.5. The third-order valence-corrected chi connectivity index (χ3v) is 6.02. The molecule has 1 nitrogen and oxygen atoms in total. The van der Waals surface area contributed by atoms with Crippen molar-refractivity contribution in [2.45, 2.75) is 33.1 Å². The average Bonchev–Trinajstić information content (AvgIpc) is 2.85. The molecular weight excluding hydrogens is 354 g/mol. The van der Waals surface area contributed by atoms with Crippen LogP contribution in [0.3, 0.4) is 0 Å². The van der Waals surface area contributed by atoms with Gasteiger partial charge in [0.25, 0.3) is 0 Å². The monoisotopic (exact) mass is 373 g/mol. The van der Waals surface area contributed by atoms with Crippen molar-refractivity contribution in [3.8, 4) is 0 Å². The quantitative estimate of drug-likeness (QED) is 0.719. The van der Waals surface area contributed by atoms with Crippen LogP contribution < -0.4 is 5.32 Å². The van der Waals surface area contributed by atoms with Gasteiger partial charge in [0.2, 0.25) is 0 Å². The fourth-order valence-corrected chi connectivity index (χ4v) is 3.57. The molecule has 100 valence electrons. The molecule has 1 aromatic carbocycles. The Morgan fingerprint density at radius 3 is 2.56 bits per heavy atom. The molecule has 18 heavy (non-hydrogen) atoms. The van der Waals surface area contributed by atoms with Gasteiger partial charge in [-0.3, -0.25) is 0 Å². The lowest BCUT2D eigenvalue weighted by Crippen LogP contribution is -2.19. The zero-order chi connectivity index (χ0) is 13.3. The number of hydrogen-bond acceptors (Lipinski definition) is 1. The first-order valence-electron chi connectivity index (χ1n) is 6.64. The van der Waals surface area contributed by atoms with E-state index in [1.54, 1.807) is 0 Å². The van der Waals surface area contributed by atoms with E-state index < -0.39 is 0 Å². The van der Waals surface area contributed by atoms with Crippen LogP contribution in [0.4, 0.5) is 0 Å². The standard InChI is InChI=1S/C15H21Br2N/c1-4-7-18-9-11-14(15(11,2)3)10-5-6-12(16)13(17)8-10/h5-6,8,11,14,18H,4,7,9H2,1-3H3. The highest BCUT2D eigenvalue weighted by atomic mass is 79.9. The summed E-state index contributed by atoms with van der Waals surface area (Å²) in [4.78, 5) is 0. The first-order chi connectivity index (χ1) is 8.48. The van der Waals surface area contributed by atoms with Crippen LogP contribution in [-0.4, -0.2) is 13.1 Å². The Balaban J connectivity index is 2.07. The summed E-state index contributed by atoms with van der Waals surface area (Å²) in [6.45, 7) is 9.24. The van der Waals surface area contributed by atoms with Gasteiger partial charge >= 0.3 is 0 Å². The predicted octanol–water partition coefficient (Wildman–Crippen LogP) is 4.95. The van der Waals surface area contributed by atoms with Crippen LogP contribution in [0.2, 0.25) is 0 Å². The normalized spacial score (nSPS) is 25.2. The summed E-state index contributed by atoms with van der Waals surface area (Å²) in [6, 6.07) is 6.65. The summed E-state index contributed by atoms with van der Waals surface area (Å²) < 4.78 is 2.29. The smallest absolute Gasteiger partial charge is 0.0320 e. The molecule has 1 aliphatic rings. The van der Waals surface area contributed by atoms with Crippen LogP contribution in [0.5, 0.6) is 0 Å². The van der Waals surface area contributed by atoms with Crippen LogP contribution in [0.25, 0.3) is 0 Å². The van der Waals surface area contributed by atoms with Crippen LogP contribution in [0.1, 0.15) is 38.7 Å². The Labute approximate surface area is 127 Å². The third-order valence-electron chi connectivity index (χ3n) is 4.14. The molecule has 0 amide bonds. The topological polar surface area (TPSA) is 12.0 Å². The molecule has 1 N–H and O–H groups in total. The van der Waals surface area contributed by atoms with Crippen molar-refractivity contribution in [3.05, 3.63) is 32.7 Å². The Morgan fingerprint density at radius 2 is 1.94 bits per heavy atom. The van der Waals surface area contributed by atoms with Crippen molar-refractivity contribution < 1.29 is 0 Å². The Kier molecular flexibility index (Phi) is 4.56. The van der Waals surface area contributed by atoms with Gasteiger partial charge in [-0.05, 0) is 86.3 Å². The van der Waals surface area contributed by atoms with Crippen molar-refractivity contribution in [1.29, 1.82) is 0 Å². The van der Waals surface area contributed by atoms with Crippen molar-refractivity contribution >= 4 is 31.9 Å². The zero-order valence-corrected chi connectivity index (χ0v) is 14.4. The van der Waals surface area contributed by atoms with Crippen molar-refractivity contribution in [3.63, 3.8) is 0 Å². The Bertz CT molecular complexity index is 429. The molecule has 2 rings (SSSR count). The molecule has 2 unspecified atom stereocenters. The van der Waals surface area contributed by atoms with Crippen molar-refractivity contribution in [1.82, 2.24) is 5.32 Å². The van der Waals surface area contributed by atoms with Gasteiger partial charge in [-0.25, -0.2) is 0 Å². The van der Waals surface area contributed by atoms with Gasteiger partial charge in [-0.1, -0.05) is 26.8 Å². The maximum absolute atomic E-state index is 3.60. The third kappa shape index (κ3) is 2.83. The summed E-state index contributed by atoms with van der Waals surface area (Å²) in [5, 5.41) is 3.56. The maximum atomic E-state index is 3.60. The minimum absolute atomic E-state index is 0.425. The fourth-order valence-electron chi connectivity index (χ4n) is 2.93. The van der Waals surface area contributed by atoms with E-state index >= 15 is 0 Å². The number of hydrogen-bond donors (Lipinski definition) is 1. The van der Waals surface area contributed by atoms with E-state index in [1.807, 2.05) is 0 Å². The Hall–Kier alpha value is 0.140. The molecule has 0 radical (unpaired) electrons. The lowest BCUT2D eigenvalue weighted by molar-refractivity contribution is 0.518. The van der Waals surface area contributed by atoms with E-state index in [-0.39, 0.29) is 0 Å². The lowest BCUT2D eigenvalue weighted by atomic mass is 10.0. The number of rotatable bonds is 5. The van der Waals surface area contributed by atoms with Gasteiger partial charge in [0, 0.05) is 8.95 Å². The van der Waals surface area contributed by atoms with E-state index in [1.165, 1.54) is 12.0 Å². The van der Waals surface area contributed by atoms with Gasteiger partial charge in [0.05, 0.1) is 0 Å². The fraction of sp³-hybridized carbons (Fsp3) is 0.600. The molecule has 3 heteroatoms. The van der Waals surface area contributed by atoms with E-state index in [4.69, 9.17) is 0 Å². The van der Waals surface area contributed by atoms with E-state index in [0.717, 1.165) is 28.0 Å². The highest BCUT2D eigenvalue weighted by Crippen LogP contribution is 2.64. The maximum Gasteiger partial charge on any atom is 0.0320 e. The second-order valence-electron chi connectivity index (χ2n) is 5.78. The highest BCUT2D eigenvalue weighted by Gasteiger charge is 2.57. The molecule has 0 bridgehead atoms. The zero-order valence-electron chi connectivity index (χ0n) is 11.3. The molecular formula is C15H21Br2N. The molecule has 2 atom stereocenters. The van der Waals surface area contributed by atoms with Gasteiger partial charge in [0.1, 0.15) is 0 Å². The summed E-state index contributed by atoms with van der Waals surface area (Å²) in [5.74, 6) is 1.45. The van der Waals surface area contributed by atoms with E-state index in [9.17, 15) is 0 Å². The minimum atomic E-state index is 0.425. The molecule has 1 aliphatic carbocycles. The molecule has 1 aromatic rings. The Morgan fingerprint density at radius 1 is 1.22 bits per heavy atom. The second-order valence-corrected chi connectivity index (χ2v) is 7.49. The van der Waals surface area contributed by atoms with Crippen LogP contribution in [0, 0.1) is 11.3 Å². The second kappa shape index (κ2) is 5.64. The molecule has 0 saturated heterocycles.